The van der Waals surface area contributed by atoms with E-state index >= 15 is 0 Å². The summed E-state index contributed by atoms with van der Waals surface area (Å²) in [5.74, 6) is -0.294. The second kappa shape index (κ2) is 12.4. The Hall–Kier alpha value is -2.42. The van der Waals surface area contributed by atoms with Crippen LogP contribution in [0.1, 0.15) is 24.0 Å². The highest BCUT2D eigenvalue weighted by molar-refractivity contribution is 14.0. The molecule has 1 amide bonds. The van der Waals surface area contributed by atoms with Crippen LogP contribution in [0.25, 0.3) is 6.08 Å². The van der Waals surface area contributed by atoms with E-state index in [1.165, 1.54) is 23.3 Å². The van der Waals surface area contributed by atoms with Crippen molar-refractivity contribution in [2.45, 2.75) is 19.3 Å². The molecule has 0 aromatic heterocycles. The number of rotatable bonds is 6. The minimum absolute atomic E-state index is 0. The molecule has 1 fully saturated rings. The van der Waals surface area contributed by atoms with Crippen molar-refractivity contribution in [3.63, 3.8) is 0 Å². The molecule has 0 radical (unpaired) electrons. The van der Waals surface area contributed by atoms with Gasteiger partial charge in [-0.25, -0.2) is 4.39 Å². The Bertz CT molecular complexity index is 890. The maximum absolute atomic E-state index is 13.1. The summed E-state index contributed by atoms with van der Waals surface area (Å²) in [6.45, 7) is 2.14. The number of aliphatic imine (C=N–C) groups is 1. The highest BCUT2D eigenvalue weighted by atomic mass is 127. The van der Waals surface area contributed by atoms with Gasteiger partial charge >= 0.3 is 0 Å². The molecule has 31 heavy (non-hydrogen) atoms. The largest absolute Gasteiger partial charge is 0.369 e. The molecule has 7 heteroatoms. The van der Waals surface area contributed by atoms with E-state index in [0.717, 1.165) is 37.5 Å². The van der Waals surface area contributed by atoms with Gasteiger partial charge in [0.25, 0.3) is 0 Å². The van der Waals surface area contributed by atoms with Gasteiger partial charge in [0.05, 0.1) is 5.92 Å². The minimum atomic E-state index is -0.398. The van der Waals surface area contributed by atoms with Crippen LogP contribution in [0.5, 0.6) is 0 Å². The quantitative estimate of drug-likeness (QED) is 0.335. The SMILES string of the molecule is CN=C(NCC(Cc1ccc(F)cc1)C(N)=O)N1CCC(=Cc2ccccc2)CC1.I. The number of nitrogens with zero attached hydrogens (tertiary/aromatic N) is 2. The molecule has 5 nitrogen and oxygen atoms in total. The van der Waals surface area contributed by atoms with Gasteiger partial charge in [0.2, 0.25) is 5.91 Å². The lowest BCUT2D eigenvalue weighted by Gasteiger charge is -2.32. The van der Waals surface area contributed by atoms with Gasteiger partial charge in [-0.2, -0.15) is 0 Å². The number of primary amides is 1. The first-order chi connectivity index (χ1) is 14.5. The van der Waals surface area contributed by atoms with E-state index in [4.69, 9.17) is 5.73 Å². The summed E-state index contributed by atoms with van der Waals surface area (Å²) in [4.78, 5) is 18.5. The zero-order chi connectivity index (χ0) is 21.3. The molecule has 3 N–H and O–H groups in total. The van der Waals surface area contributed by atoms with E-state index in [1.807, 2.05) is 18.2 Å². The van der Waals surface area contributed by atoms with Crippen LogP contribution >= 0.6 is 24.0 Å². The minimum Gasteiger partial charge on any atom is -0.369 e. The molecular weight excluding hydrogens is 506 g/mol. The van der Waals surface area contributed by atoms with Gasteiger partial charge in [-0.05, 0) is 42.5 Å². The summed E-state index contributed by atoms with van der Waals surface area (Å²) in [6.07, 6.45) is 4.68. The summed E-state index contributed by atoms with van der Waals surface area (Å²) in [7, 11) is 1.75. The number of likely N-dealkylation sites (tertiary alicyclic amines) is 1. The number of nitrogens with one attached hydrogen (secondary N) is 1. The molecule has 166 valence electrons. The fraction of sp³-hybridized carbons (Fsp3) is 0.333. The molecule has 3 rings (SSSR count). The summed E-state index contributed by atoms with van der Waals surface area (Å²) < 4.78 is 13.1. The topological polar surface area (TPSA) is 70.7 Å². The first-order valence-electron chi connectivity index (χ1n) is 10.3. The average Bonchev–Trinajstić information content (AvgIpc) is 2.76. The van der Waals surface area contributed by atoms with Crippen LogP contribution in [0, 0.1) is 11.7 Å². The highest BCUT2D eigenvalue weighted by Crippen LogP contribution is 2.19. The monoisotopic (exact) mass is 536 g/mol. The Morgan fingerprint density at radius 2 is 1.81 bits per heavy atom. The highest BCUT2D eigenvalue weighted by Gasteiger charge is 2.21. The number of carbonyl (C=O) groups excluding carboxylic acids is 1. The van der Waals surface area contributed by atoms with Crippen molar-refractivity contribution < 1.29 is 9.18 Å². The molecule has 0 aliphatic carbocycles. The van der Waals surface area contributed by atoms with Crippen molar-refractivity contribution >= 4 is 41.9 Å². The third-order valence-corrected chi connectivity index (χ3v) is 5.39. The van der Waals surface area contributed by atoms with Gasteiger partial charge in [0, 0.05) is 26.7 Å². The van der Waals surface area contributed by atoms with Crippen LogP contribution < -0.4 is 11.1 Å². The van der Waals surface area contributed by atoms with Crippen molar-refractivity contribution in [1.82, 2.24) is 10.2 Å². The van der Waals surface area contributed by atoms with Crippen LogP contribution in [0.2, 0.25) is 0 Å². The normalized spacial score (nSPS) is 15.1. The Morgan fingerprint density at radius 1 is 1.16 bits per heavy atom. The predicted octanol–water partition coefficient (Wildman–Crippen LogP) is 3.84. The van der Waals surface area contributed by atoms with Gasteiger partial charge in [0.1, 0.15) is 5.82 Å². The van der Waals surface area contributed by atoms with Crippen LogP contribution in [0.15, 0.2) is 65.2 Å². The van der Waals surface area contributed by atoms with E-state index < -0.39 is 5.92 Å². The Morgan fingerprint density at radius 3 is 2.39 bits per heavy atom. The van der Waals surface area contributed by atoms with Crippen LogP contribution in [-0.4, -0.2) is 43.4 Å². The number of benzene rings is 2. The summed E-state index contributed by atoms with van der Waals surface area (Å²) >= 11 is 0. The molecule has 1 unspecified atom stereocenters. The number of halogens is 2. The number of carbonyl (C=O) groups is 1. The molecule has 0 bridgehead atoms. The Kier molecular flexibility index (Phi) is 9.97. The zero-order valence-corrected chi connectivity index (χ0v) is 20.1. The molecule has 1 atom stereocenters. The van der Waals surface area contributed by atoms with E-state index in [2.05, 4.69) is 33.4 Å². The first-order valence-corrected chi connectivity index (χ1v) is 10.3. The molecule has 2 aromatic carbocycles. The first kappa shape index (κ1) is 24.8. The fourth-order valence-electron chi connectivity index (χ4n) is 3.66. The van der Waals surface area contributed by atoms with E-state index in [0.29, 0.717) is 13.0 Å². The van der Waals surface area contributed by atoms with Gasteiger partial charge in [-0.15, -0.1) is 24.0 Å². The van der Waals surface area contributed by atoms with Crippen molar-refractivity contribution in [3.05, 3.63) is 77.1 Å². The molecule has 1 aliphatic rings. The Labute approximate surface area is 200 Å². The zero-order valence-electron chi connectivity index (χ0n) is 17.8. The lowest BCUT2D eigenvalue weighted by atomic mass is 9.98. The number of hydrogen-bond donors (Lipinski definition) is 2. The maximum atomic E-state index is 13.1. The number of guanidine groups is 1. The molecule has 0 spiro atoms. The van der Waals surface area contributed by atoms with E-state index in [1.54, 1.807) is 19.2 Å². The summed E-state index contributed by atoms with van der Waals surface area (Å²) in [5.41, 5.74) is 9.14. The van der Waals surface area contributed by atoms with Crippen molar-refractivity contribution in [3.8, 4) is 0 Å². The van der Waals surface area contributed by atoms with Crippen LogP contribution in [0.4, 0.5) is 4.39 Å². The van der Waals surface area contributed by atoms with Crippen molar-refractivity contribution in [2.24, 2.45) is 16.6 Å². The number of piperidine rings is 1. The van der Waals surface area contributed by atoms with Gasteiger partial charge < -0.3 is 16.0 Å². The van der Waals surface area contributed by atoms with E-state index in [9.17, 15) is 9.18 Å². The molecule has 1 heterocycles. The van der Waals surface area contributed by atoms with Gasteiger partial charge in [-0.3, -0.25) is 9.79 Å². The molecule has 1 aliphatic heterocycles. The molecule has 0 saturated carbocycles. The number of nitrogens with two attached hydrogens (primary N) is 1. The smallest absolute Gasteiger partial charge is 0.222 e. The average molecular weight is 536 g/mol. The Balaban J connectivity index is 0.00000341. The van der Waals surface area contributed by atoms with Crippen LogP contribution in [0.3, 0.4) is 0 Å². The number of hydrogen-bond acceptors (Lipinski definition) is 2. The fourth-order valence-corrected chi connectivity index (χ4v) is 3.66. The third-order valence-electron chi connectivity index (χ3n) is 5.39. The third kappa shape index (κ3) is 7.65. The molecule has 2 aromatic rings. The molecular formula is C24H30FIN4O. The summed E-state index contributed by atoms with van der Waals surface area (Å²) in [6, 6.07) is 16.5. The molecule has 1 saturated heterocycles. The van der Waals surface area contributed by atoms with Gasteiger partial charge in [0.15, 0.2) is 5.96 Å². The second-order valence-electron chi connectivity index (χ2n) is 7.56. The van der Waals surface area contributed by atoms with Crippen molar-refractivity contribution in [2.75, 3.05) is 26.7 Å². The second-order valence-corrected chi connectivity index (χ2v) is 7.56. The predicted molar refractivity (Wildman–Crippen MR) is 135 cm³/mol. The summed E-state index contributed by atoms with van der Waals surface area (Å²) in [5, 5.41) is 3.30. The standard InChI is InChI=1S/C24H29FN4O.HI/c1-27-24(28-17-21(23(26)30)16-19-7-9-22(25)10-8-19)29-13-11-20(12-14-29)15-18-5-3-2-4-6-18;/h2-10,15,21H,11-14,16-17H2,1H3,(H2,26,30)(H,27,28);1H. The number of amides is 1. The van der Waals surface area contributed by atoms with Crippen molar-refractivity contribution in [1.29, 1.82) is 0 Å². The van der Waals surface area contributed by atoms with E-state index in [-0.39, 0.29) is 35.7 Å². The van der Waals surface area contributed by atoms with Crippen LogP contribution in [-0.2, 0) is 11.2 Å². The maximum Gasteiger partial charge on any atom is 0.222 e. The lowest BCUT2D eigenvalue weighted by molar-refractivity contribution is -0.121. The lowest BCUT2D eigenvalue weighted by Crippen LogP contribution is -2.47. The van der Waals surface area contributed by atoms with Gasteiger partial charge in [-0.1, -0.05) is 54.1 Å².